The van der Waals surface area contributed by atoms with E-state index in [9.17, 15) is 13.2 Å². The molecule has 0 aliphatic rings. The number of rotatable bonds is 3. The summed E-state index contributed by atoms with van der Waals surface area (Å²) >= 11 is 0. The van der Waals surface area contributed by atoms with Gasteiger partial charge in [-0.3, -0.25) is 0 Å². The number of anilines is 1. The summed E-state index contributed by atoms with van der Waals surface area (Å²) in [5.41, 5.74) is -0.255. The highest BCUT2D eigenvalue weighted by Crippen LogP contribution is 2.27. The summed E-state index contributed by atoms with van der Waals surface area (Å²) < 4.78 is 36.5. The molecule has 1 aromatic heterocycles. The summed E-state index contributed by atoms with van der Waals surface area (Å²) in [6, 6.07) is 2.59. The molecule has 1 rings (SSSR count). The Morgan fingerprint density at radius 2 is 2.07 bits per heavy atom. The van der Waals surface area contributed by atoms with Crippen molar-refractivity contribution in [3.63, 3.8) is 0 Å². The first kappa shape index (κ1) is 11.8. The van der Waals surface area contributed by atoms with Crippen LogP contribution >= 0.6 is 0 Å². The van der Waals surface area contributed by atoms with E-state index in [1.807, 2.05) is 13.8 Å². The summed E-state index contributed by atoms with van der Waals surface area (Å²) in [4.78, 5) is 3.35. The van der Waals surface area contributed by atoms with Crippen molar-refractivity contribution < 1.29 is 13.2 Å². The van der Waals surface area contributed by atoms with Gasteiger partial charge in [0.05, 0.1) is 11.9 Å². The fraction of sp³-hybridized carbons (Fsp3) is 0.500. The molecule has 1 heterocycles. The minimum Gasteiger partial charge on any atom is -0.381 e. The minimum atomic E-state index is -4.37. The predicted octanol–water partition coefficient (Wildman–Crippen LogP) is 3.31. The van der Waals surface area contributed by atoms with Crippen molar-refractivity contribution in [2.75, 3.05) is 5.32 Å². The largest absolute Gasteiger partial charge is 0.433 e. The third kappa shape index (κ3) is 3.42. The van der Waals surface area contributed by atoms with Gasteiger partial charge >= 0.3 is 6.18 Å². The van der Waals surface area contributed by atoms with E-state index in [2.05, 4.69) is 10.3 Å². The van der Waals surface area contributed by atoms with E-state index >= 15 is 0 Å². The van der Waals surface area contributed by atoms with Crippen LogP contribution in [0.25, 0.3) is 0 Å². The molecular weight excluding hydrogens is 205 g/mol. The van der Waals surface area contributed by atoms with Crippen LogP contribution in [-0.2, 0) is 6.18 Å². The average Bonchev–Trinajstić information content (AvgIpc) is 2.17. The van der Waals surface area contributed by atoms with Gasteiger partial charge in [-0.25, -0.2) is 4.98 Å². The van der Waals surface area contributed by atoms with Gasteiger partial charge in [0.25, 0.3) is 0 Å². The Bertz CT molecular complexity index is 305. The Balaban J connectivity index is 2.73. The van der Waals surface area contributed by atoms with Crippen molar-refractivity contribution >= 4 is 5.69 Å². The fourth-order valence-electron chi connectivity index (χ4n) is 1.03. The molecule has 0 aliphatic heterocycles. The van der Waals surface area contributed by atoms with Gasteiger partial charge in [-0.1, -0.05) is 6.92 Å². The lowest BCUT2D eigenvalue weighted by atomic mass is 10.2. The molecule has 0 fully saturated rings. The molecule has 0 aromatic carbocycles. The molecule has 15 heavy (non-hydrogen) atoms. The summed E-state index contributed by atoms with van der Waals surface area (Å²) in [6.07, 6.45) is -2.26. The molecule has 0 saturated heterocycles. The van der Waals surface area contributed by atoms with Crippen LogP contribution in [0.3, 0.4) is 0 Å². The second-order valence-electron chi connectivity index (χ2n) is 3.38. The first-order valence-corrected chi connectivity index (χ1v) is 4.73. The lowest BCUT2D eigenvalue weighted by Crippen LogP contribution is -2.14. The van der Waals surface area contributed by atoms with E-state index in [1.54, 1.807) is 0 Å². The normalized spacial score (nSPS) is 13.7. The van der Waals surface area contributed by atoms with Crippen LogP contribution in [0.4, 0.5) is 18.9 Å². The van der Waals surface area contributed by atoms with Crippen LogP contribution in [0.5, 0.6) is 0 Å². The second-order valence-corrected chi connectivity index (χ2v) is 3.38. The Morgan fingerprint density at radius 3 is 2.47 bits per heavy atom. The standard InChI is InChI=1S/C10H13F3N2/c1-3-7(2)15-8-4-5-9(14-6-8)10(11,12)13/h4-7,15H,3H2,1-2H3. The minimum absolute atomic E-state index is 0.225. The third-order valence-corrected chi connectivity index (χ3v) is 2.08. The van der Waals surface area contributed by atoms with Crippen molar-refractivity contribution in [1.29, 1.82) is 0 Å². The molecular formula is C10H13F3N2. The highest BCUT2D eigenvalue weighted by molar-refractivity contribution is 5.42. The quantitative estimate of drug-likeness (QED) is 0.841. The van der Waals surface area contributed by atoms with Crippen molar-refractivity contribution in [3.05, 3.63) is 24.0 Å². The Hall–Kier alpha value is -1.26. The van der Waals surface area contributed by atoms with Crippen molar-refractivity contribution in [2.45, 2.75) is 32.5 Å². The zero-order valence-corrected chi connectivity index (χ0v) is 8.60. The molecule has 0 amide bonds. The zero-order valence-electron chi connectivity index (χ0n) is 8.60. The van der Waals surface area contributed by atoms with E-state index in [0.29, 0.717) is 5.69 Å². The smallest absolute Gasteiger partial charge is 0.381 e. The molecule has 1 atom stereocenters. The number of hydrogen-bond donors (Lipinski definition) is 1. The molecule has 0 radical (unpaired) electrons. The lowest BCUT2D eigenvalue weighted by Gasteiger charge is -2.13. The van der Waals surface area contributed by atoms with Crippen LogP contribution < -0.4 is 5.32 Å². The molecule has 0 spiro atoms. The number of alkyl halides is 3. The van der Waals surface area contributed by atoms with E-state index in [4.69, 9.17) is 0 Å². The van der Waals surface area contributed by atoms with E-state index < -0.39 is 11.9 Å². The van der Waals surface area contributed by atoms with Crippen LogP contribution in [-0.4, -0.2) is 11.0 Å². The van der Waals surface area contributed by atoms with Crippen LogP contribution in [0.2, 0.25) is 0 Å². The lowest BCUT2D eigenvalue weighted by molar-refractivity contribution is -0.141. The van der Waals surface area contributed by atoms with E-state index in [1.165, 1.54) is 12.3 Å². The Labute approximate surface area is 86.5 Å². The van der Waals surface area contributed by atoms with Crippen LogP contribution in [0, 0.1) is 0 Å². The van der Waals surface area contributed by atoms with Gasteiger partial charge in [0, 0.05) is 6.04 Å². The molecule has 1 aromatic rings. The number of pyridine rings is 1. The topological polar surface area (TPSA) is 24.9 Å². The Kier molecular flexibility index (Phi) is 3.55. The molecule has 1 unspecified atom stereocenters. The molecule has 5 heteroatoms. The highest BCUT2D eigenvalue weighted by Gasteiger charge is 2.31. The number of hydrogen-bond acceptors (Lipinski definition) is 2. The first-order chi connectivity index (χ1) is 6.93. The van der Waals surface area contributed by atoms with Gasteiger partial charge in [-0.05, 0) is 25.5 Å². The van der Waals surface area contributed by atoms with Gasteiger partial charge in [0.15, 0.2) is 0 Å². The maximum absolute atomic E-state index is 12.2. The number of nitrogens with one attached hydrogen (secondary N) is 1. The van der Waals surface area contributed by atoms with Gasteiger partial charge in [-0.15, -0.1) is 0 Å². The number of nitrogens with zero attached hydrogens (tertiary/aromatic N) is 1. The zero-order chi connectivity index (χ0) is 11.5. The van der Waals surface area contributed by atoms with Crippen molar-refractivity contribution in [2.24, 2.45) is 0 Å². The van der Waals surface area contributed by atoms with Crippen LogP contribution in [0.1, 0.15) is 26.0 Å². The van der Waals surface area contributed by atoms with Gasteiger partial charge in [0.1, 0.15) is 5.69 Å². The van der Waals surface area contributed by atoms with Crippen LogP contribution in [0.15, 0.2) is 18.3 Å². The van der Waals surface area contributed by atoms with Gasteiger partial charge in [0.2, 0.25) is 0 Å². The van der Waals surface area contributed by atoms with Gasteiger partial charge < -0.3 is 5.32 Å². The summed E-state index contributed by atoms with van der Waals surface area (Å²) in [6.45, 7) is 3.95. The summed E-state index contributed by atoms with van der Waals surface area (Å²) in [7, 11) is 0. The second kappa shape index (κ2) is 4.51. The molecule has 0 aliphatic carbocycles. The summed E-state index contributed by atoms with van der Waals surface area (Å²) in [5.74, 6) is 0. The molecule has 0 bridgehead atoms. The monoisotopic (exact) mass is 218 g/mol. The molecule has 1 N–H and O–H groups in total. The average molecular weight is 218 g/mol. The van der Waals surface area contributed by atoms with Gasteiger partial charge in [-0.2, -0.15) is 13.2 Å². The molecule has 2 nitrogen and oxygen atoms in total. The maximum atomic E-state index is 12.2. The molecule has 0 saturated carbocycles. The predicted molar refractivity (Wildman–Crippen MR) is 52.6 cm³/mol. The number of aromatic nitrogens is 1. The fourth-order valence-corrected chi connectivity index (χ4v) is 1.03. The van der Waals surface area contributed by atoms with Crippen molar-refractivity contribution in [1.82, 2.24) is 4.98 Å². The van der Waals surface area contributed by atoms with Crippen molar-refractivity contribution in [3.8, 4) is 0 Å². The number of halogens is 3. The SMILES string of the molecule is CCC(C)Nc1ccc(C(F)(F)F)nc1. The highest BCUT2D eigenvalue weighted by atomic mass is 19.4. The third-order valence-electron chi connectivity index (χ3n) is 2.08. The van der Waals surface area contributed by atoms with E-state index in [-0.39, 0.29) is 6.04 Å². The maximum Gasteiger partial charge on any atom is 0.433 e. The molecule has 84 valence electrons. The first-order valence-electron chi connectivity index (χ1n) is 4.73. The summed E-state index contributed by atoms with van der Waals surface area (Å²) in [5, 5.41) is 3.04. The van der Waals surface area contributed by atoms with E-state index in [0.717, 1.165) is 12.5 Å². The Morgan fingerprint density at radius 1 is 1.40 bits per heavy atom.